The second-order valence-corrected chi connectivity index (χ2v) is 6.60. The first-order chi connectivity index (χ1) is 10.4. The fourth-order valence-electron chi connectivity index (χ4n) is 2.98. The number of nitrogens with one attached hydrogen (secondary N) is 3. The Morgan fingerprint density at radius 2 is 1.95 bits per heavy atom. The zero-order valence-corrected chi connectivity index (χ0v) is 15.1. The van der Waals surface area contributed by atoms with Gasteiger partial charge >= 0.3 is 0 Å². The van der Waals surface area contributed by atoms with Gasteiger partial charge in [0, 0.05) is 18.3 Å². The smallest absolute Gasteiger partial charge is 0.0323 e. The summed E-state index contributed by atoms with van der Waals surface area (Å²) < 4.78 is 0. The van der Waals surface area contributed by atoms with E-state index in [0.29, 0.717) is 18.0 Å². The standard InChI is InChI=1S/C19H33N3/c1-7-17(19-9-8-10-21-19)18(11-20)15(5)14(4)16(6)22-12-13(2)3/h7,11-12,14,16,19-22H,8-10H2,1-6H3/b17-7+,18-15?,20-11?/t14-,16+,19?/m0/s1. The number of allylic oxidation sites excluding steroid dienone is 2. The minimum absolute atomic E-state index is 0.347. The Kier molecular flexibility index (Phi) is 7.60. The molecule has 0 radical (unpaired) electrons. The van der Waals surface area contributed by atoms with Crippen molar-refractivity contribution in [1.82, 2.24) is 10.6 Å². The van der Waals surface area contributed by atoms with Crippen molar-refractivity contribution in [3.05, 3.63) is 34.6 Å². The normalized spacial score (nSPS) is 22.6. The fourth-order valence-corrected chi connectivity index (χ4v) is 2.98. The lowest BCUT2D eigenvalue weighted by Crippen LogP contribution is -2.31. The molecular formula is C19H33N3. The average molecular weight is 303 g/mol. The van der Waals surface area contributed by atoms with Crippen LogP contribution in [0.5, 0.6) is 0 Å². The van der Waals surface area contributed by atoms with E-state index in [1.54, 1.807) is 0 Å². The van der Waals surface area contributed by atoms with E-state index in [4.69, 9.17) is 5.41 Å². The molecule has 3 N–H and O–H groups in total. The van der Waals surface area contributed by atoms with Crippen LogP contribution in [0.25, 0.3) is 0 Å². The van der Waals surface area contributed by atoms with Crippen LogP contribution in [0.15, 0.2) is 34.6 Å². The molecule has 1 heterocycles. The predicted molar refractivity (Wildman–Crippen MR) is 97.5 cm³/mol. The Balaban J connectivity index is 2.98. The minimum atomic E-state index is 0.347. The lowest BCUT2D eigenvalue weighted by atomic mass is 9.86. The summed E-state index contributed by atoms with van der Waals surface area (Å²) in [5.74, 6) is 0.378. The van der Waals surface area contributed by atoms with E-state index in [2.05, 4.69) is 64.5 Å². The molecule has 1 aliphatic rings. The van der Waals surface area contributed by atoms with Crippen molar-refractivity contribution in [1.29, 1.82) is 5.41 Å². The van der Waals surface area contributed by atoms with Crippen LogP contribution in [0, 0.1) is 11.3 Å². The van der Waals surface area contributed by atoms with Crippen molar-refractivity contribution in [2.75, 3.05) is 6.54 Å². The van der Waals surface area contributed by atoms with Crippen molar-refractivity contribution in [2.24, 2.45) is 5.92 Å². The van der Waals surface area contributed by atoms with Crippen LogP contribution in [0.3, 0.4) is 0 Å². The van der Waals surface area contributed by atoms with E-state index < -0.39 is 0 Å². The van der Waals surface area contributed by atoms with Crippen molar-refractivity contribution in [3.63, 3.8) is 0 Å². The molecule has 0 amide bonds. The quantitative estimate of drug-likeness (QED) is 0.488. The fraction of sp³-hybridized carbons (Fsp3) is 0.632. The number of hydrogen-bond acceptors (Lipinski definition) is 3. The predicted octanol–water partition coefficient (Wildman–Crippen LogP) is 4.19. The summed E-state index contributed by atoms with van der Waals surface area (Å²) in [5.41, 5.74) is 4.95. The maximum atomic E-state index is 7.91. The van der Waals surface area contributed by atoms with Gasteiger partial charge in [0.05, 0.1) is 0 Å². The van der Waals surface area contributed by atoms with Gasteiger partial charge in [0.25, 0.3) is 0 Å². The maximum Gasteiger partial charge on any atom is 0.0323 e. The first kappa shape index (κ1) is 18.7. The van der Waals surface area contributed by atoms with Crippen LogP contribution >= 0.6 is 0 Å². The van der Waals surface area contributed by atoms with Crippen LogP contribution in [-0.2, 0) is 0 Å². The van der Waals surface area contributed by atoms with Gasteiger partial charge in [-0.05, 0) is 77.3 Å². The lowest BCUT2D eigenvalue weighted by molar-refractivity contribution is 0.491. The highest BCUT2D eigenvalue weighted by atomic mass is 14.9. The largest absolute Gasteiger partial charge is 0.388 e. The van der Waals surface area contributed by atoms with E-state index in [-0.39, 0.29) is 0 Å². The molecule has 0 aliphatic carbocycles. The topological polar surface area (TPSA) is 47.9 Å². The Hall–Kier alpha value is -1.35. The van der Waals surface area contributed by atoms with Gasteiger partial charge in [-0.2, -0.15) is 0 Å². The molecule has 0 aromatic heterocycles. The van der Waals surface area contributed by atoms with Gasteiger partial charge in [-0.25, -0.2) is 0 Å². The first-order valence-electron chi connectivity index (χ1n) is 8.43. The molecule has 3 atom stereocenters. The molecule has 1 unspecified atom stereocenters. The van der Waals surface area contributed by atoms with E-state index in [1.165, 1.54) is 35.8 Å². The van der Waals surface area contributed by atoms with Gasteiger partial charge in [0.1, 0.15) is 0 Å². The zero-order chi connectivity index (χ0) is 16.7. The molecular weight excluding hydrogens is 270 g/mol. The number of hydrogen-bond donors (Lipinski definition) is 3. The van der Waals surface area contributed by atoms with Crippen LogP contribution in [0.1, 0.15) is 54.4 Å². The second kappa shape index (κ2) is 8.94. The van der Waals surface area contributed by atoms with E-state index in [0.717, 1.165) is 12.1 Å². The van der Waals surface area contributed by atoms with Crippen LogP contribution < -0.4 is 10.6 Å². The molecule has 0 spiro atoms. The minimum Gasteiger partial charge on any atom is -0.388 e. The average Bonchev–Trinajstić information content (AvgIpc) is 3.02. The molecule has 0 saturated carbocycles. The Bertz CT molecular complexity index is 461. The third-order valence-electron chi connectivity index (χ3n) is 4.69. The summed E-state index contributed by atoms with van der Waals surface area (Å²) in [6, 6.07) is 0.754. The third-order valence-corrected chi connectivity index (χ3v) is 4.69. The Morgan fingerprint density at radius 1 is 1.27 bits per heavy atom. The highest BCUT2D eigenvalue weighted by Gasteiger charge is 2.23. The molecule has 1 fully saturated rings. The maximum absolute atomic E-state index is 7.91. The van der Waals surface area contributed by atoms with Crippen molar-refractivity contribution in [3.8, 4) is 0 Å². The molecule has 1 aliphatic heterocycles. The van der Waals surface area contributed by atoms with E-state index in [9.17, 15) is 0 Å². The molecule has 0 aromatic rings. The molecule has 3 heteroatoms. The first-order valence-corrected chi connectivity index (χ1v) is 8.43. The van der Waals surface area contributed by atoms with Crippen molar-refractivity contribution in [2.45, 2.75) is 66.5 Å². The third kappa shape index (κ3) is 4.84. The Morgan fingerprint density at radius 3 is 2.41 bits per heavy atom. The van der Waals surface area contributed by atoms with Gasteiger partial charge < -0.3 is 16.0 Å². The van der Waals surface area contributed by atoms with E-state index in [1.807, 2.05) is 0 Å². The van der Waals surface area contributed by atoms with Gasteiger partial charge in [-0.1, -0.05) is 24.1 Å². The van der Waals surface area contributed by atoms with Crippen LogP contribution in [0.4, 0.5) is 0 Å². The molecule has 1 saturated heterocycles. The summed E-state index contributed by atoms with van der Waals surface area (Å²) in [4.78, 5) is 0. The Labute approximate surface area is 136 Å². The van der Waals surface area contributed by atoms with Crippen molar-refractivity contribution >= 4 is 6.21 Å². The highest BCUT2D eigenvalue weighted by molar-refractivity contribution is 5.84. The number of rotatable bonds is 7. The van der Waals surface area contributed by atoms with Crippen molar-refractivity contribution < 1.29 is 0 Å². The molecule has 0 bridgehead atoms. The summed E-state index contributed by atoms with van der Waals surface area (Å²) >= 11 is 0. The van der Waals surface area contributed by atoms with Gasteiger partial charge in [-0.3, -0.25) is 0 Å². The molecule has 124 valence electrons. The summed E-state index contributed by atoms with van der Waals surface area (Å²) in [6.45, 7) is 14.0. The van der Waals surface area contributed by atoms with Gasteiger partial charge in [0.15, 0.2) is 0 Å². The van der Waals surface area contributed by atoms with Crippen LogP contribution in [0.2, 0.25) is 0 Å². The molecule has 3 nitrogen and oxygen atoms in total. The molecule has 22 heavy (non-hydrogen) atoms. The summed E-state index contributed by atoms with van der Waals surface area (Å²) in [5, 5.41) is 14.9. The molecule has 0 aromatic carbocycles. The van der Waals surface area contributed by atoms with E-state index >= 15 is 0 Å². The van der Waals surface area contributed by atoms with Crippen LogP contribution in [-0.4, -0.2) is 24.8 Å². The second-order valence-electron chi connectivity index (χ2n) is 6.60. The summed E-state index contributed by atoms with van der Waals surface area (Å²) in [6.07, 6.45) is 8.18. The van der Waals surface area contributed by atoms with Gasteiger partial charge in [-0.15, -0.1) is 0 Å². The lowest BCUT2D eigenvalue weighted by Gasteiger charge is -2.26. The monoisotopic (exact) mass is 303 g/mol. The SMILES string of the molecule is C/C=C(\C(C=N)=C(C)[C@H](C)[C@@H](C)NC=C(C)C)C1CCCN1. The van der Waals surface area contributed by atoms with Gasteiger partial charge in [0.2, 0.25) is 0 Å². The molecule has 1 rings (SSSR count). The summed E-state index contributed by atoms with van der Waals surface area (Å²) in [7, 11) is 0. The highest BCUT2D eigenvalue weighted by Crippen LogP contribution is 2.27. The zero-order valence-electron chi connectivity index (χ0n) is 15.1.